The zero-order valence-electron chi connectivity index (χ0n) is 9.93. The van der Waals surface area contributed by atoms with E-state index < -0.39 is 0 Å². The molecule has 92 valence electrons. The average molecular weight is 235 g/mol. The first-order valence-electron chi connectivity index (χ1n) is 5.75. The first-order chi connectivity index (χ1) is 8.20. The summed E-state index contributed by atoms with van der Waals surface area (Å²) in [6.07, 6.45) is -0.253. The molecule has 4 nitrogen and oxygen atoms in total. The second-order valence-electron chi connectivity index (χ2n) is 4.32. The number of aliphatic hydroxyl groups is 1. The molecular weight excluding hydrogens is 218 g/mol. The second kappa shape index (κ2) is 5.29. The molecule has 0 bridgehead atoms. The van der Waals surface area contributed by atoms with E-state index in [-0.39, 0.29) is 25.2 Å². The quantitative estimate of drug-likeness (QED) is 0.839. The van der Waals surface area contributed by atoms with Crippen molar-refractivity contribution in [2.24, 2.45) is 0 Å². The molecule has 0 radical (unpaired) electrons. The average Bonchev–Trinajstić information content (AvgIpc) is 2.35. The van der Waals surface area contributed by atoms with E-state index in [2.05, 4.69) is 0 Å². The van der Waals surface area contributed by atoms with E-state index in [1.54, 1.807) is 4.90 Å². The van der Waals surface area contributed by atoms with Crippen LogP contribution in [0.1, 0.15) is 11.1 Å². The number of carbonyl (C=O) groups excluding carboxylic acids is 1. The highest BCUT2D eigenvalue weighted by molar-refractivity contribution is 5.78. The lowest BCUT2D eigenvalue weighted by Crippen LogP contribution is -2.47. The van der Waals surface area contributed by atoms with E-state index in [0.717, 1.165) is 5.56 Å². The second-order valence-corrected chi connectivity index (χ2v) is 4.32. The van der Waals surface area contributed by atoms with Crippen LogP contribution in [0.3, 0.4) is 0 Å². The van der Waals surface area contributed by atoms with Crippen molar-refractivity contribution in [2.45, 2.75) is 19.6 Å². The van der Waals surface area contributed by atoms with Crippen molar-refractivity contribution in [2.75, 3.05) is 19.8 Å². The van der Waals surface area contributed by atoms with Crippen molar-refractivity contribution in [1.29, 1.82) is 0 Å². The van der Waals surface area contributed by atoms with Crippen molar-refractivity contribution >= 4 is 5.91 Å². The molecule has 2 rings (SSSR count). The molecule has 0 aromatic heterocycles. The first kappa shape index (κ1) is 12.1. The predicted molar refractivity (Wildman–Crippen MR) is 63.4 cm³/mol. The number of benzene rings is 1. The van der Waals surface area contributed by atoms with Crippen LogP contribution in [0, 0.1) is 6.92 Å². The van der Waals surface area contributed by atoms with Crippen LogP contribution in [-0.4, -0.2) is 41.8 Å². The molecule has 1 fully saturated rings. The van der Waals surface area contributed by atoms with Crippen LogP contribution in [0.25, 0.3) is 0 Å². The Labute approximate surface area is 101 Å². The Morgan fingerprint density at radius 2 is 2.24 bits per heavy atom. The van der Waals surface area contributed by atoms with Crippen LogP contribution in [-0.2, 0) is 16.1 Å². The van der Waals surface area contributed by atoms with Gasteiger partial charge in [0.1, 0.15) is 6.61 Å². The zero-order valence-corrected chi connectivity index (χ0v) is 9.93. The molecule has 0 saturated carbocycles. The number of aliphatic hydroxyl groups excluding tert-OH is 1. The van der Waals surface area contributed by atoms with Gasteiger partial charge in [-0.15, -0.1) is 0 Å². The Bertz CT molecular complexity index is 405. The van der Waals surface area contributed by atoms with Gasteiger partial charge in [-0.3, -0.25) is 4.79 Å². The summed E-state index contributed by atoms with van der Waals surface area (Å²) < 4.78 is 5.20. The maximum Gasteiger partial charge on any atom is 0.248 e. The summed E-state index contributed by atoms with van der Waals surface area (Å²) in [7, 11) is 0. The number of ether oxygens (including phenoxy) is 1. The molecule has 1 aromatic rings. The van der Waals surface area contributed by atoms with E-state index in [1.165, 1.54) is 5.56 Å². The van der Waals surface area contributed by atoms with Crippen LogP contribution in [0.15, 0.2) is 24.3 Å². The lowest BCUT2D eigenvalue weighted by atomic mass is 10.1. The van der Waals surface area contributed by atoms with Gasteiger partial charge < -0.3 is 14.7 Å². The van der Waals surface area contributed by atoms with E-state index in [0.29, 0.717) is 13.1 Å². The monoisotopic (exact) mass is 235 g/mol. The van der Waals surface area contributed by atoms with Crippen LogP contribution in [0.4, 0.5) is 0 Å². The molecule has 1 heterocycles. The number of aryl methyl sites for hydroxylation is 1. The number of hydrogen-bond acceptors (Lipinski definition) is 3. The predicted octanol–water partition coefficient (Wildman–Crippen LogP) is 0.715. The molecule has 1 saturated heterocycles. The summed E-state index contributed by atoms with van der Waals surface area (Å²) in [5, 5.41) is 9.05. The van der Waals surface area contributed by atoms with E-state index in [4.69, 9.17) is 9.84 Å². The van der Waals surface area contributed by atoms with Crippen LogP contribution >= 0.6 is 0 Å². The normalized spacial score (nSPS) is 20.7. The molecule has 1 amide bonds. The number of morpholine rings is 1. The zero-order chi connectivity index (χ0) is 12.3. The Hall–Kier alpha value is -1.39. The van der Waals surface area contributed by atoms with Crippen molar-refractivity contribution in [3.05, 3.63) is 35.4 Å². The minimum atomic E-state index is -0.253. The Morgan fingerprint density at radius 1 is 1.47 bits per heavy atom. The number of nitrogens with zero attached hydrogens (tertiary/aromatic N) is 1. The summed E-state index contributed by atoms with van der Waals surface area (Å²) >= 11 is 0. The molecule has 1 atom stereocenters. The maximum absolute atomic E-state index is 11.7. The summed E-state index contributed by atoms with van der Waals surface area (Å²) in [4.78, 5) is 13.4. The fraction of sp³-hybridized carbons (Fsp3) is 0.462. The van der Waals surface area contributed by atoms with Crippen molar-refractivity contribution < 1.29 is 14.6 Å². The molecule has 0 aliphatic carbocycles. The number of hydrogen-bond donors (Lipinski definition) is 1. The smallest absolute Gasteiger partial charge is 0.248 e. The van der Waals surface area contributed by atoms with Crippen molar-refractivity contribution in [1.82, 2.24) is 4.90 Å². The van der Waals surface area contributed by atoms with Crippen molar-refractivity contribution in [3.63, 3.8) is 0 Å². The number of amides is 1. The molecule has 0 spiro atoms. The molecule has 1 N–H and O–H groups in total. The van der Waals surface area contributed by atoms with E-state index >= 15 is 0 Å². The Kier molecular flexibility index (Phi) is 3.76. The molecular formula is C13H17NO3. The third kappa shape index (κ3) is 2.84. The highest BCUT2D eigenvalue weighted by Crippen LogP contribution is 2.14. The Balaban J connectivity index is 2.07. The first-order valence-corrected chi connectivity index (χ1v) is 5.75. The standard InChI is InChI=1S/C13H17NO3/c1-10-4-2-3-5-11(10)6-14-7-12(8-15)17-9-13(14)16/h2-5,12,15H,6-9H2,1H3. The maximum atomic E-state index is 11.7. The third-order valence-electron chi connectivity index (χ3n) is 3.05. The van der Waals surface area contributed by atoms with E-state index in [9.17, 15) is 4.79 Å². The lowest BCUT2D eigenvalue weighted by molar-refractivity contribution is -0.151. The van der Waals surface area contributed by atoms with Gasteiger partial charge in [0.15, 0.2) is 0 Å². The van der Waals surface area contributed by atoms with Crippen LogP contribution < -0.4 is 0 Å². The van der Waals surface area contributed by atoms with Gasteiger partial charge in [-0.25, -0.2) is 0 Å². The SMILES string of the molecule is Cc1ccccc1CN1CC(CO)OCC1=O. The minimum absolute atomic E-state index is 0.0158. The summed E-state index contributed by atoms with van der Waals surface area (Å²) in [5.41, 5.74) is 2.31. The van der Waals surface area contributed by atoms with Gasteiger partial charge in [-0.1, -0.05) is 24.3 Å². The Morgan fingerprint density at radius 3 is 2.94 bits per heavy atom. The van der Waals surface area contributed by atoms with Crippen molar-refractivity contribution in [3.8, 4) is 0 Å². The molecule has 4 heteroatoms. The topological polar surface area (TPSA) is 49.8 Å². The number of carbonyl (C=O) groups is 1. The number of rotatable bonds is 3. The fourth-order valence-corrected chi connectivity index (χ4v) is 1.94. The van der Waals surface area contributed by atoms with Gasteiger partial charge in [0.25, 0.3) is 0 Å². The molecule has 1 aliphatic heterocycles. The van der Waals surface area contributed by atoms with E-state index in [1.807, 2.05) is 31.2 Å². The molecule has 1 unspecified atom stereocenters. The highest BCUT2D eigenvalue weighted by Gasteiger charge is 2.25. The van der Waals surface area contributed by atoms with Gasteiger partial charge >= 0.3 is 0 Å². The van der Waals surface area contributed by atoms with Crippen LogP contribution in [0.5, 0.6) is 0 Å². The summed E-state index contributed by atoms with van der Waals surface area (Å²) in [6.45, 7) is 3.10. The van der Waals surface area contributed by atoms with Gasteiger partial charge in [0.2, 0.25) is 5.91 Å². The lowest BCUT2D eigenvalue weighted by Gasteiger charge is -2.32. The van der Waals surface area contributed by atoms with Gasteiger partial charge in [-0.05, 0) is 18.1 Å². The van der Waals surface area contributed by atoms with Gasteiger partial charge in [0.05, 0.1) is 12.7 Å². The van der Waals surface area contributed by atoms with Gasteiger partial charge in [0, 0.05) is 13.1 Å². The highest BCUT2D eigenvalue weighted by atomic mass is 16.5. The minimum Gasteiger partial charge on any atom is -0.394 e. The van der Waals surface area contributed by atoms with Gasteiger partial charge in [-0.2, -0.15) is 0 Å². The largest absolute Gasteiger partial charge is 0.394 e. The molecule has 1 aromatic carbocycles. The third-order valence-corrected chi connectivity index (χ3v) is 3.05. The molecule has 17 heavy (non-hydrogen) atoms. The van der Waals surface area contributed by atoms with Crippen LogP contribution in [0.2, 0.25) is 0 Å². The fourth-order valence-electron chi connectivity index (χ4n) is 1.94. The summed E-state index contributed by atoms with van der Waals surface area (Å²) in [6, 6.07) is 8.00. The summed E-state index contributed by atoms with van der Waals surface area (Å²) in [5.74, 6) is -0.0158. The molecule has 1 aliphatic rings.